The van der Waals surface area contributed by atoms with Crippen molar-refractivity contribution in [1.82, 2.24) is 9.88 Å². The van der Waals surface area contributed by atoms with Crippen molar-refractivity contribution < 1.29 is 0 Å². The molecule has 19 heavy (non-hydrogen) atoms. The number of aromatic nitrogens is 1. The molecule has 1 aromatic heterocycles. The molecular formula is C15H20N4. The molecule has 1 saturated heterocycles. The number of nitrogens with zero attached hydrogens (tertiary/aromatic N) is 4. The van der Waals surface area contributed by atoms with Crippen LogP contribution < -0.4 is 4.90 Å². The SMILES string of the molecule is N#CC1CCCC1N1CCN(c2ccccn2)CC1. The topological polar surface area (TPSA) is 43.2 Å². The first-order valence-electron chi connectivity index (χ1n) is 7.18. The van der Waals surface area contributed by atoms with Gasteiger partial charge in [-0.1, -0.05) is 12.5 Å². The van der Waals surface area contributed by atoms with Crippen LogP contribution in [-0.2, 0) is 0 Å². The van der Waals surface area contributed by atoms with Gasteiger partial charge in [-0.15, -0.1) is 0 Å². The van der Waals surface area contributed by atoms with E-state index in [2.05, 4.69) is 26.9 Å². The summed E-state index contributed by atoms with van der Waals surface area (Å²) < 4.78 is 0. The maximum absolute atomic E-state index is 9.20. The van der Waals surface area contributed by atoms with Crippen LogP contribution in [-0.4, -0.2) is 42.1 Å². The molecule has 0 amide bonds. The van der Waals surface area contributed by atoms with Crippen LogP contribution in [0.2, 0.25) is 0 Å². The van der Waals surface area contributed by atoms with Gasteiger partial charge in [-0.05, 0) is 25.0 Å². The largest absolute Gasteiger partial charge is 0.354 e. The minimum Gasteiger partial charge on any atom is -0.354 e. The smallest absolute Gasteiger partial charge is 0.128 e. The molecule has 0 bridgehead atoms. The zero-order valence-electron chi connectivity index (χ0n) is 11.2. The molecule has 1 aliphatic heterocycles. The Morgan fingerprint density at radius 2 is 2.00 bits per heavy atom. The Hall–Kier alpha value is -1.60. The molecule has 2 unspecified atom stereocenters. The zero-order valence-corrected chi connectivity index (χ0v) is 11.2. The fraction of sp³-hybridized carbons (Fsp3) is 0.600. The van der Waals surface area contributed by atoms with Crippen molar-refractivity contribution in [3.63, 3.8) is 0 Å². The number of hydrogen-bond donors (Lipinski definition) is 0. The lowest BCUT2D eigenvalue weighted by atomic mass is 10.0. The molecule has 2 fully saturated rings. The summed E-state index contributed by atoms with van der Waals surface area (Å²) in [5.41, 5.74) is 0. The van der Waals surface area contributed by atoms with Gasteiger partial charge in [0.25, 0.3) is 0 Å². The molecule has 3 rings (SSSR count). The second-order valence-electron chi connectivity index (χ2n) is 5.44. The van der Waals surface area contributed by atoms with Crippen LogP contribution in [0.15, 0.2) is 24.4 Å². The van der Waals surface area contributed by atoms with E-state index in [4.69, 9.17) is 0 Å². The summed E-state index contributed by atoms with van der Waals surface area (Å²) in [7, 11) is 0. The van der Waals surface area contributed by atoms with Gasteiger partial charge >= 0.3 is 0 Å². The van der Waals surface area contributed by atoms with Crippen LogP contribution >= 0.6 is 0 Å². The van der Waals surface area contributed by atoms with E-state index < -0.39 is 0 Å². The molecule has 2 heterocycles. The van der Waals surface area contributed by atoms with Crippen LogP contribution in [0.1, 0.15) is 19.3 Å². The highest BCUT2D eigenvalue weighted by atomic mass is 15.3. The van der Waals surface area contributed by atoms with E-state index in [1.807, 2.05) is 18.3 Å². The van der Waals surface area contributed by atoms with Crippen molar-refractivity contribution in [2.45, 2.75) is 25.3 Å². The monoisotopic (exact) mass is 256 g/mol. The fourth-order valence-corrected chi connectivity index (χ4v) is 3.35. The number of anilines is 1. The maximum Gasteiger partial charge on any atom is 0.128 e. The van der Waals surface area contributed by atoms with Gasteiger partial charge in [0.05, 0.1) is 12.0 Å². The van der Waals surface area contributed by atoms with Crippen LogP contribution in [0.3, 0.4) is 0 Å². The molecule has 2 aliphatic rings. The highest BCUT2D eigenvalue weighted by Crippen LogP contribution is 2.30. The zero-order chi connectivity index (χ0) is 13.1. The normalized spacial score (nSPS) is 28.3. The van der Waals surface area contributed by atoms with Crippen LogP contribution in [0.4, 0.5) is 5.82 Å². The molecule has 0 aromatic carbocycles. The molecule has 1 saturated carbocycles. The van der Waals surface area contributed by atoms with E-state index in [1.165, 1.54) is 12.8 Å². The first-order chi connectivity index (χ1) is 9.38. The van der Waals surface area contributed by atoms with Gasteiger partial charge in [0.1, 0.15) is 5.82 Å². The summed E-state index contributed by atoms with van der Waals surface area (Å²) in [4.78, 5) is 9.27. The molecule has 0 N–H and O–H groups in total. The van der Waals surface area contributed by atoms with Gasteiger partial charge in [-0.2, -0.15) is 5.26 Å². The highest BCUT2D eigenvalue weighted by Gasteiger charge is 2.33. The number of rotatable bonds is 2. The summed E-state index contributed by atoms with van der Waals surface area (Å²) in [6, 6.07) is 9.05. The van der Waals surface area contributed by atoms with Crippen molar-refractivity contribution in [3.05, 3.63) is 24.4 Å². The average Bonchev–Trinajstić information content (AvgIpc) is 2.97. The molecule has 1 aliphatic carbocycles. The molecule has 1 aromatic rings. The molecular weight excluding hydrogens is 236 g/mol. The van der Waals surface area contributed by atoms with E-state index in [9.17, 15) is 5.26 Å². The van der Waals surface area contributed by atoms with Crippen molar-refractivity contribution in [1.29, 1.82) is 5.26 Å². The molecule has 0 radical (unpaired) electrons. The summed E-state index contributed by atoms with van der Waals surface area (Å²) in [5.74, 6) is 1.33. The summed E-state index contributed by atoms with van der Waals surface area (Å²) in [6.07, 6.45) is 5.34. The van der Waals surface area contributed by atoms with E-state index in [-0.39, 0.29) is 5.92 Å². The van der Waals surface area contributed by atoms with Gasteiger partial charge in [-0.3, -0.25) is 4.90 Å². The van der Waals surface area contributed by atoms with Gasteiger partial charge in [0.2, 0.25) is 0 Å². The van der Waals surface area contributed by atoms with Crippen molar-refractivity contribution in [2.24, 2.45) is 5.92 Å². The summed E-state index contributed by atoms with van der Waals surface area (Å²) in [6.45, 7) is 4.15. The van der Waals surface area contributed by atoms with E-state index in [1.54, 1.807) is 0 Å². The number of piperazine rings is 1. The summed E-state index contributed by atoms with van der Waals surface area (Å²) in [5, 5.41) is 9.20. The Kier molecular flexibility index (Phi) is 3.65. The quantitative estimate of drug-likeness (QED) is 0.810. The second kappa shape index (κ2) is 5.58. The highest BCUT2D eigenvalue weighted by molar-refractivity contribution is 5.38. The standard InChI is InChI=1S/C15H20N4/c16-12-13-4-3-5-14(13)18-8-10-19(11-9-18)15-6-1-2-7-17-15/h1-2,6-7,13-14H,3-5,8-11H2. The Balaban J connectivity index is 1.59. The van der Waals surface area contributed by atoms with E-state index in [0.717, 1.165) is 38.4 Å². The van der Waals surface area contributed by atoms with Crippen LogP contribution in [0.25, 0.3) is 0 Å². The second-order valence-corrected chi connectivity index (χ2v) is 5.44. The average molecular weight is 256 g/mol. The van der Waals surface area contributed by atoms with E-state index in [0.29, 0.717) is 6.04 Å². The van der Waals surface area contributed by atoms with Gasteiger partial charge in [-0.25, -0.2) is 4.98 Å². The minimum absolute atomic E-state index is 0.251. The molecule has 2 atom stereocenters. The van der Waals surface area contributed by atoms with Crippen LogP contribution in [0.5, 0.6) is 0 Å². The van der Waals surface area contributed by atoms with E-state index >= 15 is 0 Å². The molecule has 4 heteroatoms. The predicted molar refractivity (Wildman–Crippen MR) is 74.8 cm³/mol. The fourth-order valence-electron chi connectivity index (χ4n) is 3.35. The predicted octanol–water partition coefficient (Wildman–Crippen LogP) is 1.90. The lowest BCUT2D eigenvalue weighted by Gasteiger charge is -2.39. The van der Waals surface area contributed by atoms with Gasteiger partial charge < -0.3 is 4.90 Å². The third-order valence-electron chi connectivity index (χ3n) is 4.40. The Morgan fingerprint density at radius 3 is 2.68 bits per heavy atom. The van der Waals surface area contributed by atoms with Crippen LogP contribution in [0, 0.1) is 17.2 Å². The van der Waals surface area contributed by atoms with Crippen molar-refractivity contribution >= 4 is 5.82 Å². The lowest BCUT2D eigenvalue weighted by molar-refractivity contribution is 0.168. The Bertz CT molecular complexity index is 445. The molecule has 4 nitrogen and oxygen atoms in total. The minimum atomic E-state index is 0.251. The Morgan fingerprint density at radius 1 is 1.16 bits per heavy atom. The maximum atomic E-state index is 9.20. The van der Waals surface area contributed by atoms with Crippen molar-refractivity contribution in [2.75, 3.05) is 31.1 Å². The first kappa shape index (κ1) is 12.4. The summed E-state index contributed by atoms with van der Waals surface area (Å²) >= 11 is 0. The van der Waals surface area contributed by atoms with Gasteiger partial charge in [0, 0.05) is 38.4 Å². The van der Waals surface area contributed by atoms with Crippen molar-refractivity contribution in [3.8, 4) is 6.07 Å². The number of pyridine rings is 1. The lowest BCUT2D eigenvalue weighted by Crippen LogP contribution is -2.51. The molecule has 0 spiro atoms. The number of nitriles is 1. The van der Waals surface area contributed by atoms with Gasteiger partial charge in [0.15, 0.2) is 0 Å². The third kappa shape index (κ3) is 2.57. The number of hydrogen-bond acceptors (Lipinski definition) is 4. The Labute approximate surface area is 114 Å². The third-order valence-corrected chi connectivity index (χ3v) is 4.40. The molecule has 100 valence electrons. The first-order valence-corrected chi connectivity index (χ1v) is 7.18.